The number of nitro benzene ring substituents is 1. The highest BCUT2D eigenvalue weighted by Crippen LogP contribution is 2.37. The average Bonchev–Trinajstić information content (AvgIpc) is 2.78. The molecule has 1 atom stereocenters. The number of para-hydroxylation sites is 1. The summed E-state index contributed by atoms with van der Waals surface area (Å²) in [5.41, 5.74) is 3.92. The molecular weight excluding hydrogens is 378 g/mol. The Balaban J connectivity index is 1.77. The van der Waals surface area contributed by atoms with Crippen molar-refractivity contribution >= 4 is 23.0 Å². The van der Waals surface area contributed by atoms with Crippen LogP contribution in [0.3, 0.4) is 0 Å². The first-order valence-electron chi connectivity index (χ1n) is 10.1. The molecule has 6 heteroatoms. The van der Waals surface area contributed by atoms with Gasteiger partial charge in [-0.05, 0) is 42.7 Å². The van der Waals surface area contributed by atoms with Gasteiger partial charge in [-0.1, -0.05) is 49.7 Å². The molecule has 3 aromatic rings. The van der Waals surface area contributed by atoms with Crippen molar-refractivity contribution < 1.29 is 9.72 Å². The highest BCUT2D eigenvalue weighted by Gasteiger charge is 2.34. The second-order valence-corrected chi connectivity index (χ2v) is 7.39. The van der Waals surface area contributed by atoms with Gasteiger partial charge in [-0.2, -0.15) is 0 Å². The Morgan fingerprint density at radius 1 is 1.03 bits per heavy atom. The van der Waals surface area contributed by atoms with E-state index in [4.69, 9.17) is 0 Å². The monoisotopic (exact) mass is 401 g/mol. The van der Waals surface area contributed by atoms with Gasteiger partial charge in [0.2, 0.25) is 0 Å². The third-order valence-electron chi connectivity index (χ3n) is 5.36. The number of anilines is 2. The van der Waals surface area contributed by atoms with Crippen molar-refractivity contribution in [2.75, 3.05) is 10.2 Å². The largest absolute Gasteiger partial charge is 0.360 e. The van der Waals surface area contributed by atoms with Crippen molar-refractivity contribution in [2.45, 2.75) is 32.4 Å². The fourth-order valence-electron chi connectivity index (χ4n) is 3.77. The molecule has 0 radical (unpaired) electrons. The van der Waals surface area contributed by atoms with Crippen molar-refractivity contribution in [1.29, 1.82) is 0 Å². The van der Waals surface area contributed by atoms with Crippen LogP contribution in [0.1, 0.15) is 47.4 Å². The molecule has 0 unspecified atom stereocenters. The molecule has 152 valence electrons. The molecule has 4 rings (SSSR count). The lowest BCUT2D eigenvalue weighted by Crippen LogP contribution is -2.43. The molecule has 3 aromatic carbocycles. The van der Waals surface area contributed by atoms with Gasteiger partial charge in [-0.3, -0.25) is 19.8 Å². The molecule has 0 bridgehead atoms. The van der Waals surface area contributed by atoms with Crippen LogP contribution in [0.15, 0.2) is 72.8 Å². The fraction of sp³-hybridized carbons (Fsp3) is 0.208. The van der Waals surface area contributed by atoms with E-state index in [1.807, 2.05) is 42.5 Å². The van der Waals surface area contributed by atoms with Crippen LogP contribution in [-0.4, -0.2) is 10.8 Å². The van der Waals surface area contributed by atoms with Gasteiger partial charge in [0.15, 0.2) is 0 Å². The first kappa shape index (κ1) is 19.6. The van der Waals surface area contributed by atoms with Crippen molar-refractivity contribution in [3.8, 4) is 0 Å². The van der Waals surface area contributed by atoms with Crippen molar-refractivity contribution in [1.82, 2.24) is 0 Å². The van der Waals surface area contributed by atoms with Crippen LogP contribution in [-0.2, 0) is 6.42 Å². The molecule has 0 saturated heterocycles. The summed E-state index contributed by atoms with van der Waals surface area (Å²) in [7, 11) is 0. The van der Waals surface area contributed by atoms with Gasteiger partial charge >= 0.3 is 0 Å². The van der Waals surface area contributed by atoms with Crippen LogP contribution in [0.4, 0.5) is 17.1 Å². The van der Waals surface area contributed by atoms with Crippen LogP contribution in [0.25, 0.3) is 0 Å². The Bertz CT molecular complexity index is 1080. The summed E-state index contributed by atoms with van der Waals surface area (Å²) in [5, 5.41) is 14.7. The van der Waals surface area contributed by atoms with Crippen LogP contribution < -0.4 is 10.2 Å². The molecule has 0 aliphatic carbocycles. The zero-order chi connectivity index (χ0) is 21.1. The molecule has 0 spiro atoms. The SMILES string of the molecule is CCCCc1ccc(N2C(=O)c3ccccc3N[C@@H]2c2cccc([N+](=O)[O-])c2)cc1. The normalized spacial score (nSPS) is 15.4. The predicted octanol–water partition coefficient (Wildman–Crippen LogP) is 5.71. The summed E-state index contributed by atoms with van der Waals surface area (Å²) in [6.45, 7) is 2.16. The van der Waals surface area contributed by atoms with Gasteiger partial charge in [0, 0.05) is 29.1 Å². The lowest BCUT2D eigenvalue weighted by molar-refractivity contribution is -0.384. The van der Waals surface area contributed by atoms with Gasteiger partial charge in [0.05, 0.1) is 10.5 Å². The standard InChI is InChI=1S/C24H23N3O3/c1-2-3-7-17-12-14-19(15-13-17)26-23(18-8-6-9-20(16-18)27(29)30)25-22-11-5-4-10-21(22)24(26)28/h4-6,8-16,23,25H,2-3,7H2,1H3/t23-/m0/s1. The average molecular weight is 401 g/mol. The summed E-state index contributed by atoms with van der Waals surface area (Å²) >= 11 is 0. The number of hydrogen-bond donors (Lipinski definition) is 1. The fourth-order valence-corrected chi connectivity index (χ4v) is 3.77. The molecule has 1 aliphatic heterocycles. The van der Waals surface area contributed by atoms with Crippen molar-refractivity contribution in [2.24, 2.45) is 0 Å². The summed E-state index contributed by atoms with van der Waals surface area (Å²) in [4.78, 5) is 26.0. The maximum Gasteiger partial charge on any atom is 0.269 e. The van der Waals surface area contributed by atoms with Crippen LogP contribution in [0.2, 0.25) is 0 Å². The Labute approximate surface area is 175 Å². The lowest BCUT2D eigenvalue weighted by Gasteiger charge is -2.38. The van der Waals surface area contributed by atoms with Gasteiger partial charge in [-0.15, -0.1) is 0 Å². The minimum absolute atomic E-state index is 0.00419. The molecule has 6 nitrogen and oxygen atoms in total. The maximum atomic E-state index is 13.4. The summed E-state index contributed by atoms with van der Waals surface area (Å²) in [5.74, 6) is -0.137. The molecule has 1 heterocycles. The van der Waals surface area contributed by atoms with E-state index in [1.54, 1.807) is 23.1 Å². The molecule has 1 aliphatic rings. The zero-order valence-electron chi connectivity index (χ0n) is 16.7. The Kier molecular flexibility index (Phi) is 5.48. The zero-order valence-corrected chi connectivity index (χ0v) is 16.7. The number of rotatable bonds is 6. The number of carbonyl (C=O) groups excluding carboxylic acids is 1. The smallest absolute Gasteiger partial charge is 0.269 e. The minimum atomic E-state index is -0.547. The number of amides is 1. The second-order valence-electron chi connectivity index (χ2n) is 7.39. The number of non-ortho nitro benzene ring substituents is 1. The van der Waals surface area contributed by atoms with Crippen molar-refractivity contribution in [3.63, 3.8) is 0 Å². The summed E-state index contributed by atoms with van der Waals surface area (Å²) < 4.78 is 0. The number of benzene rings is 3. The van der Waals surface area contributed by atoms with Crippen LogP contribution >= 0.6 is 0 Å². The molecule has 0 aromatic heterocycles. The predicted molar refractivity (Wildman–Crippen MR) is 118 cm³/mol. The van der Waals surface area contributed by atoms with E-state index in [9.17, 15) is 14.9 Å². The molecule has 1 N–H and O–H groups in total. The van der Waals surface area contributed by atoms with Gasteiger partial charge < -0.3 is 5.32 Å². The number of aryl methyl sites for hydroxylation is 1. The number of fused-ring (bicyclic) bond motifs is 1. The Morgan fingerprint density at radius 3 is 2.53 bits per heavy atom. The Hall–Kier alpha value is -3.67. The molecule has 30 heavy (non-hydrogen) atoms. The minimum Gasteiger partial charge on any atom is -0.360 e. The number of nitro groups is 1. The van der Waals surface area contributed by atoms with E-state index < -0.39 is 11.1 Å². The first-order chi connectivity index (χ1) is 14.6. The van der Waals surface area contributed by atoms with E-state index in [0.717, 1.165) is 30.6 Å². The third kappa shape index (κ3) is 3.76. The van der Waals surface area contributed by atoms with E-state index in [2.05, 4.69) is 12.2 Å². The van der Waals surface area contributed by atoms with E-state index >= 15 is 0 Å². The van der Waals surface area contributed by atoms with Crippen LogP contribution in [0.5, 0.6) is 0 Å². The van der Waals surface area contributed by atoms with E-state index in [0.29, 0.717) is 11.1 Å². The van der Waals surface area contributed by atoms with Crippen molar-refractivity contribution in [3.05, 3.63) is 99.6 Å². The number of nitrogens with one attached hydrogen (secondary N) is 1. The highest BCUT2D eigenvalue weighted by molar-refractivity contribution is 6.12. The first-order valence-corrected chi connectivity index (χ1v) is 10.1. The van der Waals surface area contributed by atoms with Crippen LogP contribution in [0, 0.1) is 10.1 Å². The number of hydrogen-bond acceptors (Lipinski definition) is 4. The number of nitrogens with zero attached hydrogens (tertiary/aromatic N) is 2. The van der Waals surface area contributed by atoms with E-state index in [-0.39, 0.29) is 11.6 Å². The van der Waals surface area contributed by atoms with Gasteiger partial charge in [-0.25, -0.2) is 0 Å². The Morgan fingerprint density at radius 2 is 1.80 bits per heavy atom. The third-order valence-corrected chi connectivity index (χ3v) is 5.36. The topological polar surface area (TPSA) is 75.5 Å². The molecule has 0 saturated carbocycles. The lowest BCUT2D eigenvalue weighted by atomic mass is 10.0. The summed E-state index contributed by atoms with van der Waals surface area (Å²) in [6.07, 6.45) is 2.70. The number of carbonyl (C=O) groups is 1. The second kappa shape index (κ2) is 8.37. The number of unbranched alkanes of at least 4 members (excludes halogenated alkanes) is 1. The summed E-state index contributed by atoms with van der Waals surface area (Å²) in [6, 6.07) is 21.7. The maximum absolute atomic E-state index is 13.4. The van der Waals surface area contributed by atoms with Gasteiger partial charge in [0.1, 0.15) is 6.17 Å². The highest BCUT2D eigenvalue weighted by atomic mass is 16.6. The van der Waals surface area contributed by atoms with E-state index in [1.165, 1.54) is 17.7 Å². The molecule has 1 amide bonds. The van der Waals surface area contributed by atoms with Gasteiger partial charge in [0.25, 0.3) is 11.6 Å². The quantitative estimate of drug-likeness (QED) is 0.424. The molecular formula is C24H23N3O3. The molecule has 0 fully saturated rings.